The molecule has 0 unspecified atom stereocenters. The molecule has 0 saturated carbocycles. The maximum Gasteiger partial charge on any atom is 0.257 e. The van der Waals surface area contributed by atoms with Gasteiger partial charge >= 0.3 is 0 Å². The molecule has 1 fully saturated rings. The minimum absolute atomic E-state index is 0.0644. The minimum Gasteiger partial charge on any atom is -0.472 e. The Hall–Kier alpha value is -2.66. The van der Waals surface area contributed by atoms with E-state index in [4.69, 9.17) is 4.42 Å². The fraction of sp³-hybridized carbons (Fsp3) is 0.333. The highest BCUT2D eigenvalue weighted by molar-refractivity contribution is 5.93. The van der Waals surface area contributed by atoms with Gasteiger partial charge in [-0.1, -0.05) is 12.1 Å². The number of amides is 1. The first kappa shape index (κ1) is 16.8. The van der Waals surface area contributed by atoms with Crippen molar-refractivity contribution in [2.24, 2.45) is 0 Å². The number of aromatic nitrogens is 1. The Bertz CT molecular complexity index is 897. The molecule has 26 heavy (non-hydrogen) atoms. The van der Waals surface area contributed by atoms with E-state index in [9.17, 15) is 4.79 Å². The highest BCUT2D eigenvalue weighted by Gasteiger charge is 2.23. The number of fused-ring (bicyclic) bond motifs is 1. The number of carbonyl (C=O) groups is 1. The molecule has 0 bridgehead atoms. The van der Waals surface area contributed by atoms with E-state index in [1.165, 1.54) is 17.2 Å². The van der Waals surface area contributed by atoms with Crippen LogP contribution in [0, 0.1) is 6.92 Å². The van der Waals surface area contributed by atoms with Crippen LogP contribution < -0.4 is 5.32 Å². The van der Waals surface area contributed by atoms with E-state index in [1.54, 1.807) is 12.3 Å². The van der Waals surface area contributed by atoms with Crippen LogP contribution in [0.1, 0.15) is 34.5 Å². The molecular formula is C21H23N3O2. The molecule has 1 amide bonds. The predicted molar refractivity (Wildman–Crippen MR) is 101 cm³/mol. The Morgan fingerprint density at radius 3 is 2.85 bits per heavy atom. The molecule has 0 spiro atoms. The van der Waals surface area contributed by atoms with Crippen LogP contribution in [-0.2, 0) is 6.54 Å². The molecule has 5 nitrogen and oxygen atoms in total. The molecule has 0 radical (unpaired) electrons. The molecule has 3 aromatic rings. The van der Waals surface area contributed by atoms with Gasteiger partial charge in [-0.05, 0) is 49.6 Å². The van der Waals surface area contributed by atoms with Crippen molar-refractivity contribution in [3.8, 4) is 0 Å². The second-order valence-electron chi connectivity index (χ2n) is 6.94. The second-order valence-corrected chi connectivity index (χ2v) is 6.94. The third-order valence-electron chi connectivity index (χ3n) is 5.04. The number of aryl methyl sites for hydroxylation is 1. The number of piperidine rings is 1. The first-order chi connectivity index (χ1) is 12.7. The summed E-state index contributed by atoms with van der Waals surface area (Å²) < 4.78 is 5.01. The molecule has 1 aliphatic heterocycles. The van der Waals surface area contributed by atoms with Gasteiger partial charge in [-0.2, -0.15) is 0 Å². The Labute approximate surface area is 153 Å². The number of pyridine rings is 1. The first-order valence-electron chi connectivity index (χ1n) is 9.10. The molecule has 1 aliphatic rings. The molecular weight excluding hydrogens is 326 g/mol. The van der Waals surface area contributed by atoms with Crippen molar-refractivity contribution < 1.29 is 9.21 Å². The summed E-state index contributed by atoms with van der Waals surface area (Å²) in [5.74, 6) is 0.0644. The van der Waals surface area contributed by atoms with Crippen LogP contribution in [0.25, 0.3) is 10.9 Å². The van der Waals surface area contributed by atoms with Gasteiger partial charge in [0.2, 0.25) is 0 Å². The molecule has 4 rings (SSSR count). The summed E-state index contributed by atoms with van der Waals surface area (Å²) in [6.07, 6.45) is 5.00. The number of hydrogen-bond donors (Lipinski definition) is 1. The number of hydrogen-bond acceptors (Lipinski definition) is 4. The monoisotopic (exact) mass is 349 g/mol. The van der Waals surface area contributed by atoms with Crippen LogP contribution in [0.3, 0.4) is 0 Å². The minimum atomic E-state index is 0.0644. The number of nitrogens with zero attached hydrogens (tertiary/aromatic N) is 2. The Kier molecular flexibility index (Phi) is 4.71. The van der Waals surface area contributed by atoms with Crippen molar-refractivity contribution in [2.45, 2.75) is 32.4 Å². The summed E-state index contributed by atoms with van der Waals surface area (Å²) in [5.41, 5.74) is 3.98. The van der Waals surface area contributed by atoms with Crippen molar-refractivity contribution in [2.75, 3.05) is 13.1 Å². The molecule has 0 aliphatic carbocycles. The summed E-state index contributed by atoms with van der Waals surface area (Å²) in [5, 5.41) is 4.81. The van der Waals surface area contributed by atoms with E-state index in [2.05, 4.69) is 34.6 Å². The Morgan fingerprint density at radius 1 is 1.23 bits per heavy atom. The lowest BCUT2D eigenvalue weighted by atomic mass is 10.0. The van der Waals surface area contributed by atoms with E-state index in [1.807, 2.05) is 17.9 Å². The third kappa shape index (κ3) is 3.63. The molecule has 5 heteroatoms. The zero-order valence-corrected chi connectivity index (χ0v) is 14.9. The van der Waals surface area contributed by atoms with E-state index in [-0.39, 0.29) is 5.91 Å². The predicted octanol–water partition coefficient (Wildman–Crippen LogP) is 3.53. The van der Waals surface area contributed by atoms with E-state index in [0.29, 0.717) is 11.6 Å². The van der Waals surface area contributed by atoms with E-state index < -0.39 is 0 Å². The van der Waals surface area contributed by atoms with Crippen molar-refractivity contribution in [3.05, 3.63) is 65.7 Å². The lowest BCUT2D eigenvalue weighted by Crippen LogP contribution is -2.44. The number of nitrogens with one attached hydrogen (secondary N) is 1. The summed E-state index contributed by atoms with van der Waals surface area (Å²) in [6, 6.07) is 12.8. The Balaban J connectivity index is 1.31. The van der Waals surface area contributed by atoms with Gasteiger partial charge in [0.05, 0.1) is 17.3 Å². The number of carbonyl (C=O) groups excluding carboxylic acids is 1. The largest absolute Gasteiger partial charge is 0.472 e. The van der Waals surface area contributed by atoms with Crippen LogP contribution in [0.15, 0.2) is 53.3 Å². The summed E-state index contributed by atoms with van der Waals surface area (Å²) in [7, 11) is 0. The average molecular weight is 349 g/mol. The summed E-state index contributed by atoms with van der Waals surface area (Å²) >= 11 is 0. The van der Waals surface area contributed by atoms with Gasteiger partial charge in [0, 0.05) is 36.8 Å². The molecule has 1 N–H and O–H groups in total. The first-order valence-corrected chi connectivity index (χ1v) is 9.10. The van der Waals surface area contributed by atoms with Crippen LogP contribution >= 0.6 is 0 Å². The van der Waals surface area contributed by atoms with Crippen molar-refractivity contribution in [1.82, 2.24) is 15.2 Å². The standard InChI is InChI=1S/C21H23N3O2/c1-15-2-4-17-12-16(3-5-20(17)23-15)13-22-19-6-9-24(10-7-19)21(25)18-8-11-26-14-18/h2-5,8,11-12,14,19,22H,6-7,9-10,13H2,1H3. The summed E-state index contributed by atoms with van der Waals surface area (Å²) in [4.78, 5) is 18.8. The SMILES string of the molecule is Cc1ccc2cc(CNC3CCN(C(=O)c4ccoc4)CC3)ccc2n1. The van der Waals surface area contributed by atoms with Gasteiger partial charge in [-0.25, -0.2) is 0 Å². The van der Waals surface area contributed by atoms with Crippen molar-refractivity contribution in [1.29, 1.82) is 0 Å². The maximum atomic E-state index is 12.3. The topological polar surface area (TPSA) is 58.4 Å². The normalized spacial score (nSPS) is 15.5. The zero-order chi connectivity index (χ0) is 17.9. The quantitative estimate of drug-likeness (QED) is 0.783. The van der Waals surface area contributed by atoms with Gasteiger partial charge in [0.25, 0.3) is 5.91 Å². The molecule has 134 valence electrons. The van der Waals surface area contributed by atoms with Gasteiger partial charge in [0.15, 0.2) is 0 Å². The highest BCUT2D eigenvalue weighted by Crippen LogP contribution is 2.17. The van der Waals surface area contributed by atoms with E-state index >= 15 is 0 Å². The Morgan fingerprint density at radius 2 is 2.08 bits per heavy atom. The molecule has 3 heterocycles. The third-order valence-corrected chi connectivity index (χ3v) is 5.04. The smallest absolute Gasteiger partial charge is 0.257 e. The van der Waals surface area contributed by atoms with Crippen LogP contribution in [0.2, 0.25) is 0 Å². The van der Waals surface area contributed by atoms with E-state index in [0.717, 1.165) is 43.7 Å². The zero-order valence-electron chi connectivity index (χ0n) is 14.9. The van der Waals surface area contributed by atoms with Crippen LogP contribution in [0.5, 0.6) is 0 Å². The molecule has 0 atom stereocenters. The number of rotatable bonds is 4. The number of furan rings is 1. The number of benzene rings is 1. The molecule has 1 saturated heterocycles. The van der Waals surface area contributed by atoms with Crippen molar-refractivity contribution >= 4 is 16.8 Å². The highest BCUT2D eigenvalue weighted by atomic mass is 16.3. The van der Waals surface area contributed by atoms with Crippen LogP contribution in [-0.4, -0.2) is 34.9 Å². The summed E-state index contributed by atoms with van der Waals surface area (Å²) in [6.45, 7) is 4.41. The lowest BCUT2D eigenvalue weighted by Gasteiger charge is -2.32. The van der Waals surface area contributed by atoms with Gasteiger partial charge in [-0.3, -0.25) is 9.78 Å². The number of likely N-dealkylation sites (tertiary alicyclic amines) is 1. The van der Waals surface area contributed by atoms with Gasteiger partial charge < -0.3 is 14.6 Å². The molecule has 2 aromatic heterocycles. The van der Waals surface area contributed by atoms with Gasteiger partial charge in [0.1, 0.15) is 6.26 Å². The fourth-order valence-corrected chi connectivity index (χ4v) is 3.50. The average Bonchev–Trinajstić information content (AvgIpc) is 3.21. The van der Waals surface area contributed by atoms with Gasteiger partial charge in [-0.15, -0.1) is 0 Å². The lowest BCUT2D eigenvalue weighted by molar-refractivity contribution is 0.0704. The maximum absolute atomic E-state index is 12.3. The fourth-order valence-electron chi connectivity index (χ4n) is 3.50. The molecule has 1 aromatic carbocycles. The van der Waals surface area contributed by atoms with Crippen LogP contribution in [0.4, 0.5) is 0 Å². The second kappa shape index (κ2) is 7.30. The van der Waals surface area contributed by atoms with Crippen molar-refractivity contribution in [3.63, 3.8) is 0 Å².